The smallest absolute Gasteiger partial charge is 0.261 e. The van der Waals surface area contributed by atoms with Gasteiger partial charge < -0.3 is 10.1 Å². The van der Waals surface area contributed by atoms with E-state index < -0.39 is 10.0 Å². The molecule has 2 aromatic carbocycles. The van der Waals surface area contributed by atoms with Gasteiger partial charge in [0.2, 0.25) is 0 Å². The number of rotatable bonds is 8. The molecule has 0 aliphatic heterocycles. The molecule has 0 aliphatic rings. The van der Waals surface area contributed by atoms with Crippen molar-refractivity contribution in [2.75, 3.05) is 11.8 Å². The van der Waals surface area contributed by atoms with Crippen molar-refractivity contribution in [2.24, 2.45) is 0 Å². The van der Waals surface area contributed by atoms with Gasteiger partial charge in [-0.05, 0) is 55.7 Å². The Morgan fingerprint density at radius 2 is 1.85 bits per heavy atom. The van der Waals surface area contributed by atoms with Gasteiger partial charge in [0.1, 0.15) is 5.75 Å². The molecule has 2 aromatic rings. The number of aryl methyl sites for hydroxylation is 1. The highest BCUT2D eigenvalue weighted by atomic mass is 32.2. The first-order valence-electron chi connectivity index (χ1n) is 8.92. The topological polar surface area (TPSA) is 84.5 Å². The van der Waals surface area contributed by atoms with Crippen molar-refractivity contribution in [2.45, 2.75) is 44.6 Å². The lowest BCUT2D eigenvalue weighted by Crippen LogP contribution is -2.32. The van der Waals surface area contributed by atoms with Gasteiger partial charge in [0.25, 0.3) is 15.9 Å². The summed E-state index contributed by atoms with van der Waals surface area (Å²) in [4.78, 5) is 12.6. The van der Waals surface area contributed by atoms with E-state index in [0.29, 0.717) is 12.2 Å². The van der Waals surface area contributed by atoms with Crippen LogP contribution in [0.15, 0.2) is 47.4 Å². The maximum Gasteiger partial charge on any atom is 0.261 e. The van der Waals surface area contributed by atoms with Crippen LogP contribution in [0, 0.1) is 0 Å². The summed E-state index contributed by atoms with van der Waals surface area (Å²) in [6.07, 6.45) is 1.42. The second kappa shape index (κ2) is 8.90. The van der Waals surface area contributed by atoms with Crippen LogP contribution in [0.5, 0.6) is 5.75 Å². The summed E-state index contributed by atoms with van der Waals surface area (Å²) in [6.45, 7) is 5.79. The number of para-hydroxylation sites is 1. The van der Waals surface area contributed by atoms with Crippen molar-refractivity contribution in [3.05, 3.63) is 53.6 Å². The standard InChI is InChI=1S/C20H26N2O4S/c1-5-14(3)21-20(23)17-9-7-8-10-18(17)22-27(24,25)16-11-12-19(26-4)15(6-2)13-16/h7-14,22H,5-6H2,1-4H3,(H,21,23)/t14-/m1/s1. The molecule has 2 rings (SSSR count). The average Bonchev–Trinajstić information content (AvgIpc) is 2.67. The Labute approximate surface area is 161 Å². The summed E-state index contributed by atoms with van der Waals surface area (Å²) < 4.78 is 33.5. The number of ether oxygens (including phenoxy) is 1. The number of anilines is 1. The van der Waals surface area contributed by atoms with E-state index in [9.17, 15) is 13.2 Å². The van der Waals surface area contributed by atoms with Gasteiger partial charge in [0.15, 0.2) is 0 Å². The zero-order chi connectivity index (χ0) is 20.0. The number of benzene rings is 2. The molecule has 0 saturated heterocycles. The van der Waals surface area contributed by atoms with Crippen LogP contribution in [0.25, 0.3) is 0 Å². The van der Waals surface area contributed by atoms with Gasteiger partial charge in [0.05, 0.1) is 23.3 Å². The number of carbonyl (C=O) groups excluding carboxylic acids is 1. The van der Waals surface area contributed by atoms with Gasteiger partial charge >= 0.3 is 0 Å². The Morgan fingerprint density at radius 3 is 2.48 bits per heavy atom. The first kappa shape index (κ1) is 20.8. The minimum Gasteiger partial charge on any atom is -0.496 e. The summed E-state index contributed by atoms with van der Waals surface area (Å²) in [7, 11) is -2.30. The van der Waals surface area contributed by atoms with Crippen LogP contribution in [-0.4, -0.2) is 27.5 Å². The molecule has 0 spiro atoms. The Kier molecular flexibility index (Phi) is 6.85. The van der Waals surface area contributed by atoms with Crippen LogP contribution in [0.3, 0.4) is 0 Å². The van der Waals surface area contributed by atoms with E-state index >= 15 is 0 Å². The number of carbonyl (C=O) groups is 1. The van der Waals surface area contributed by atoms with E-state index in [1.54, 1.807) is 43.5 Å². The van der Waals surface area contributed by atoms with Gasteiger partial charge in [-0.15, -0.1) is 0 Å². The first-order chi connectivity index (χ1) is 12.8. The van der Waals surface area contributed by atoms with Crippen molar-refractivity contribution in [1.82, 2.24) is 5.32 Å². The number of sulfonamides is 1. The summed E-state index contributed by atoms with van der Waals surface area (Å²) in [6, 6.07) is 11.3. The van der Waals surface area contributed by atoms with Crippen molar-refractivity contribution in [3.63, 3.8) is 0 Å². The zero-order valence-corrected chi connectivity index (χ0v) is 16.9. The lowest BCUT2D eigenvalue weighted by atomic mass is 10.1. The number of methoxy groups -OCH3 is 1. The molecule has 7 heteroatoms. The third kappa shape index (κ3) is 5.01. The molecule has 6 nitrogen and oxygen atoms in total. The quantitative estimate of drug-likeness (QED) is 0.721. The predicted octanol–water partition coefficient (Wildman–Crippen LogP) is 3.59. The monoisotopic (exact) mass is 390 g/mol. The second-order valence-corrected chi connectivity index (χ2v) is 7.94. The minimum absolute atomic E-state index is 0.00383. The number of hydrogen-bond acceptors (Lipinski definition) is 4. The summed E-state index contributed by atoms with van der Waals surface area (Å²) in [5.74, 6) is 0.330. The second-order valence-electron chi connectivity index (χ2n) is 6.26. The maximum atomic E-state index is 12.8. The van der Waals surface area contributed by atoms with Crippen LogP contribution < -0.4 is 14.8 Å². The van der Waals surface area contributed by atoms with Gasteiger partial charge in [-0.2, -0.15) is 0 Å². The molecule has 0 fully saturated rings. The van der Waals surface area contributed by atoms with Gasteiger partial charge in [0, 0.05) is 6.04 Å². The SMILES string of the molecule is CCc1cc(S(=O)(=O)Nc2ccccc2C(=O)N[C@H](C)CC)ccc1OC. The van der Waals surface area contributed by atoms with Crippen LogP contribution in [0.2, 0.25) is 0 Å². The highest BCUT2D eigenvalue weighted by Gasteiger charge is 2.20. The van der Waals surface area contributed by atoms with Gasteiger partial charge in [-0.1, -0.05) is 26.0 Å². The fraction of sp³-hybridized carbons (Fsp3) is 0.350. The molecule has 1 atom stereocenters. The van der Waals surface area contributed by atoms with E-state index in [2.05, 4.69) is 10.0 Å². The molecular formula is C20H26N2O4S. The number of amides is 1. The van der Waals surface area contributed by atoms with Crippen molar-refractivity contribution < 1.29 is 17.9 Å². The van der Waals surface area contributed by atoms with Crippen LogP contribution in [-0.2, 0) is 16.4 Å². The normalized spacial score (nSPS) is 12.3. The lowest BCUT2D eigenvalue weighted by Gasteiger charge is -2.16. The number of nitrogens with one attached hydrogen (secondary N) is 2. The minimum atomic E-state index is -3.85. The largest absolute Gasteiger partial charge is 0.496 e. The Bertz CT molecular complexity index is 910. The Balaban J connectivity index is 2.35. The number of hydrogen-bond donors (Lipinski definition) is 2. The molecule has 146 valence electrons. The average molecular weight is 391 g/mol. The van der Waals surface area contributed by atoms with Gasteiger partial charge in [-0.3, -0.25) is 9.52 Å². The molecule has 0 aromatic heterocycles. The molecule has 0 unspecified atom stereocenters. The molecule has 0 bridgehead atoms. The zero-order valence-electron chi connectivity index (χ0n) is 16.1. The Morgan fingerprint density at radius 1 is 1.15 bits per heavy atom. The van der Waals surface area contributed by atoms with E-state index in [1.165, 1.54) is 6.07 Å². The lowest BCUT2D eigenvalue weighted by molar-refractivity contribution is 0.0940. The van der Waals surface area contributed by atoms with Crippen molar-refractivity contribution >= 4 is 21.6 Å². The summed E-state index contributed by atoms with van der Waals surface area (Å²) >= 11 is 0. The summed E-state index contributed by atoms with van der Waals surface area (Å²) in [5, 5.41) is 2.85. The first-order valence-corrected chi connectivity index (χ1v) is 10.4. The van der Waals surface area contributed by atoms with Crippen molar-refractivity contribution in [1.29, 1.82) is 0 Å². The maximum absolute atomic E-state index is 12.8. The Hall–Kier alpha value is -2.54. The van der Waals surface area contributed by atoms with E-state index in [0.717, 1.165) is 12.0 Å². The fourth-order valence-corrected chi connectivity index (χ4v) is 3.71. The molecule has 0 radical (unpaired) electrons. The summed E-state index contributed by atoms with van der Waals surface area (Å²) in [5.41, 5.74) is 1.32. The van der Waals surface area contributed by atoms with E-state index in [1.807, 2.05) is 20.8 Å². The van der Waals surface area contributed by atoms with Crippen LogP contribution >= 0.6 is 0 Å². The van der Waals surface area contributed by atoms with Crippen LogP contribution in [0.4, 0.5) is 5.69 Å². The van der Waals surface area contributed by atoms with E-state index in [-0.39, 0.29) is 28.1 Å². The van der Waals surface area contributed by atoms with Gasteiger partial charge in [-0.25, -0.2) is 8.42 Å². The highest BCUT2D eigenvalue weighted by Crippen LogP contribution is 2.25. The molecule has 0 aliphatic carbocycles. The molecule has 2 N–H and O–H groups in total. The molecule has 0 saturated carbocycles. The third-order valence-corrected chi connectivity index (χ3v) is 5.71. The third-order valence-electron chi connectivity index (χ3n) is 4.35. The highest BCUT2D eigenvalue weighted by molar-refractivity contribution is 7.92. The molecule has 1 amide bonds. The van der Waals surface area contributed by atoms with Crippen LogP contribution in [0.1, 0.15) is 43.1 Å². The fourth-order valence-electron chi connectivity index (χ4n) is 2.58. The molecular weight excluding hydrogens is 364 g/mol. The molecule has 0 heterocycles. The molecule has 27 heavy (non-hydrogen) atoms. The van der Waals surface area contributed by atoms with Crippen molar-refractivity contribution in [3.8, 4) is 5.75 Å². The predicted molar refractivity (Wildman–Crippen MR) is 107 cm³/mol. The van der Waals surface area contributed by atoms with E-state index in [4.69, 9.17) is 4.74 Å².